The molecule has 1 aliphatic carbocycles. The third kappa shape index (κ3) is 4.11. The van der Waals surface area contributed by atoms with Crippen molar-refractivity contribution in [3.8, 4) is 0 Å². The van der Waals surface area contributed by atoms with E-state index in [2.05, 4.69) is 31.9 Å². The molecule has 0 saturated carbocycles. The summed E-state index contributed by atoms with van der Waals surface area (Å²) in [5, 5.41) is 0. The van der Waals surface area contributed by atoms with Gasteiger partial charge in [-0.25, -0.2) is 0 Å². The lowest BCUT2D eigenvalue weighted by Gasteiger charge is -2.20. The average Bonchev–Trinajstić information content (AvgIpc) is 2.27. The molecule has 16 heavy (non-hydrogen) atoms. The Bertz CT molecular complexity index is 276. The quantitative estimate of drug-likeness (QED) is 0.748. The second-order valence-corrected chi connectivity index (χ2v) is 4.85. The highest BCUT2D eigenvalue weighted by Gasteiger charge is 2.09. The zero-order valence-corrected chi connectivity index (χ0v) is 11.1. The van der Waals surface area contributed by atoms with Gasteiger partial charge in [0.05, 0.1) is 0 Å². The van der Waals surface area contributed by atoms with Gasteiger partial charge in [-0.2, -0.15) is 0 Å². The lowest BCUT2D eigenvalue weighted by Crippen LogP contribution is -2.21. The Morgan fingerprint density at radius 3 is 2.62 bits per heavy atom. The molecular weight excluding hydrogens is 196 g/mol. The van der Waals surface area contributed by atoms with Crippen LogP contribution in [0.1, 0.15) is 39.5 Å². The third-order valence-corrected chi connectivity index (χ3v) is 3.39. The summed E-state index contributed by atoms with van der Waals surface area (Å²) in [4.78, 5) is 2.42. The number of hydrogen-bond acceptors (Lipinski definition) is 2. The van der Waals surface area contributed by atoms with E-state index in [1.54, 1.807) is 5.57 Å². The van der Waals surface area contributed by atoms with E-state index in [4.69, 9.17) is 5.73 Å². The number of rotatable bonds is 6. The predicted molar refractivity (Wildman–Crippen MR) is 71.5 cm³/mol. The molecule has 0 aromatic carbocycles. The van der Waals surface area contributed by atoms with E-state index in [1.807, 2.05) is 0 Å². The van der Waals surface area contributed by atoms with E-state index >= 15 is 0 Å². The van der Waals surface area contributed by atoms with E-state index < -0.39 is 0 Å². The lowest BCUT2D eigenvalue weighted by atomic mass is 9.91. The molecule has 92 valence electrons. The van der Waals surface area contributed by atoms with Gasteiger partial charge in [-0.3, -0.25) is 0 Å². The van der Waals surface area contributed by atoms with Crippen molar-refractivity contribution in [2.24, 2.45) is 5.73 Å². The lowest BCUT2D eigenvalue weighted by molar-refractivity contribution is 0.337. The van der Waals surface area contributed by atoms with Crippen LogP contribution in [0.2, 0.25) is 0 Å². The zero-order chi connectivity index (χ0) is 12.0. The van der Waals surface area contributed by atoms with E-state index in [0.717, 1.165) is 6.54 Å². The smallest absolute Gasteiger partial charge is 0.0142 e. The SMILES string of the molecule is CCCN(C)CCC1=CC(C)=C(CN)CC1. The molecule has 0 aromatic rings. The van der Waals surface area contributed by atoms with E-state index in [0.29, 0.717) is 0 Å². The summed E-state index contributed by atoms with van der Waals surface area (Å²) in [7, 11) is 2.21. The molecule has 2 N–H and O–H groups in total. The number of allylic oxidation sites excluding steroid dienone is 2. The summed E-state index contributed by atoms with van der Waals surface area (Å²) in [6.45, 7) is 7.54. The van der Waals surface area contributed by atoms with Crippen LogP contribution in [-0.4, -0.2) is 31.6 Å². The van der Waals surface area contributed by atoms with E-state index in [-0.39, 0.29) is 0 Å². The molecule has 0 spiro atoms. The number of nitrogens with two attached hydrogens (primary N) is 1. The Morgan fingerprint density at radius 2 is 2.06 bits per heavy atom. The van der Waals surface area contributed by atoms with Crippen LogP contribution in [0.5, 0.6) is 0 Å². The highest BCUT2D eigenvalue weighted by atomic mass is 15.1. The summed E-state index contributed by atoms with van der Waals surface area (Å²) in [6, 6.07) is 0. The fourth-order valence-electron chi connectivity index (χ4n) is 2.28. The molecule has 1 aliphatic rings. The van der Waals surface area contributed by atoms with Crippen LogP contribution in [0.3, 0.4) is 0 Å². The van der Waals surface area contributed by atoms with Crippen LogP contribution in [-0.2, 0) is 0 Å². The average molecular weight is 222 g/mol. The molecule has 0 unspecified atom stereocenters. The van der Waals surface area contributed by atoms with E-state index in [9.17, 15) is 0 Å². The molecule has 0 amide bonds. The van der Waals surface area contributed by atoms with Crippen molar-refractivity contribution in [2.75, 3.05) is 26.7 Å². The summed E-state index contributed by atoms with van der Waals surface area (Å²) < 4.78 is 0. The van der Waals surface area contributed by atoms with Gasteiger partial charge in [0.25, 0.3) is 0 Å². The molecule has 0 saturated heterocycles. The summed E-state index contributed by atoms with van der Waals surface area (Å²) in [6.07, 6.45) is 7.19. The van der Waals surface area contributed by atoms with Crippen LogP contribution in [0.15, 0.2) is 22.8 Å². The van der Waals surface area contributed by atoms with Gasteiger partial charge in [-0.15, -0.1) is 0 Å². The maximum absolute atomic E-state index is 5.71. The highest BCUT2D eigenvalue weighted by Crippen LogP contribution is 2.24. The Balaban J connectivity index is 2.42. The van der Waals surface area contributed by atoms with Crippen LogP contribution >= 0.6 is 0 Å². The Kier molecular flexibility index (Phi) is 5.78. The number of hydrogen-bond donors (Lipinski definition) is 1. The molecule has 2 nitrogen and oxygen atoms in total. The monoisotopic (exact) mass is 222 g/mol. The normalized spacial score (nSPS) is 16.9. The molecule has 0 radical (unpaired) electrons. The zero-order valence-electron chi connectivity index (χ0n) is 11.1. The van der Waals surface area contributed by atoms with Crippen molar-refractivity contribution in [1.29, 1.82) is 0 Å². The van der Waals surface area contributed by atoms with Crippen LogP contribution in [0, 0.1) is 0 Å². The van der Waals surface area contributed by atoms with Gasteiger partial charge in [-0.1, -0.05) is 29.7 Å². The Hall–Kier alpha value is -0.600. The summed E-state index contributed by atoms with van der Waals surface area (Å²) >= 11 is 0. The maximum atomic E-state index is 5.71. The Morgan fingerprint density at radius 1 is 1.31 bits per heavy atom. The fourth-order valence-corrected chi connectivity index (χ4v) is 2.28. The predicted octanol–water partition coefficient (Wildman–Crippen LogP) is 2.71. The molecule has 0 aromatic heterocycles. The molecule has 2 heteroatoms. The second kappa shape index (κ2) is 6.87. The van der Waals surface area contributed by atoms with Gasteiger partial charge in [-0.05, 0) is 46.2 Å². The first-order valence-corrected chi connectivity index (χ1v) is 6.44. The summed E-state index contributed by atoms with van der Waals surface area (Å²) in [5.74, 6) is 0. The van der Waals surface area contributed by atoms with Crippen molar-refractivity contribution in [3.63, 3.8) is 0 Å². The van der Waals surface area contributed by atoms with Gasteiger partial charge in [0.1, 0.15) is 0 Å². The topological polar surface area (TPSA) is 29.3 Å². The minimum absolute atomic E-state index is 0.728. The molecule has 1 rings (SSSR count). The van der Waals surface area contributed by atoms with Crippen molar-refractivity contribution >= 4 is 0 Å². The highest BCUT2D eigenvalue weighted by molar-refractivity contribution is 5.32. The van der Waals surface area contributed by atoms with Crippen LogP contribution in [0.25, 0.3) is 0 Å². The van der Waals surface area contributed by atoms with Crippen molar-refractivity contribution < 1.29 is 0 Å². The first-order valence-electron chi connectivity index (χ1n) is 6.44. The maximum Gasteiger partial charge on any atom is 0.0142 e. The number of nitrogens with zero attached hydrogens (tertiary/aromatic N) is 1. The fraction of sp³-hybridized carbons (Fsp3) is 0.714. The Labute approximate surface area is 100 Å². The van der Waals surface area contributed by atoms with Crippen molar-refractivity contribution in [2.45, 2.75) is 39.5 Å². The molecule has 0 heterocycles. The van der Waals surface area contributed by atoms with Crippen LogP contribution in [0.4, 0.5) is 0 Å². The van der Waals surface area contributed by atoms with Crippen molar-refractivity contribution in [3.05, 3.63) is 22.8 Å². The van der Waals surface area contributed by atoms with Gasteiger partial charge in [0.15, 0.2) is 0 Å². The van der Waals surface area contributed by atoms with Crippen molar-refractivity contribution in [1.82, 2.24) is 4.90 Å². The molecule has 0 fully saturated rings. The van der Waals surface area contributed by atoms with Crippen LogP contribution < -0.4 is 5.73 Å². The molecule has 0 atom stereocenters. The second-order valence-electron chi connectivity index (χ2n) is 4.85. The first kappa shape index (κ1) is 13.5. The van der Waals surface area contributed by atoms with Gasteiger partial charge < -0.3 is 10.6 Å². The van der Waals surface area contributed by atoms with E-state index in [1.165, 1.54) is 49.9 Å². The van der Waals surface area contributed by atoms with Gasteiger partial charge in [0, 0.05) is 13.1 Å². The largest absolute Gasteiger partial charge is 0.327 e. The molecular formula is C14H26N2. The standard InChI is InChI=1S/C14H26N2/c1-4-8-16(3)9-7-13-5-6-14(11-15)12(2)10-13/h10H,4-9,11,15H2,1-3H3. The van der Waals surface area contributed by atoms with Gasteiger partial charge in [0.2, 0.25) is 0 Å². The van der Waals surface area contributed by atoms with Gasteiger partial charge >= 0.3 is 0 Å². The molecule has 0 bridgehead atoms. The molecule has 0 aliphatic heterocycles. The summed E-state index contributed by atoms with van der Waals surface area (Å²) in [5.41, 5.74) is 10.1. The minimum atomic E-state index is 0.728. The minimum Gasteiger partial charge on any atom is -0.327 e. The third-order valence-electron chi connectivity index (χ3n) is 3.39. The first-order chi connectivity index (χ1) is 7.67.